The fourth-order valence-corrected chi connectivity index (χ4v) is 3.08. The van der Waals surface area contributed by atoms with E-state index < -0.39 is 18.2 Å². The van der Waals surface area contributed by atoms with Crippen molar-refractivity contribution < 1.29 is 23.8 Å². The van der Waals surface area contributed by atoms with E-state index in [0.717, 1.165) is 10.5 Å². The number of hydrogen-bond acceptors (Lipinski definition) is 4. The van der Waals surface area contributed by atoms with Crippen LogP contribution < -0.4 is 5.32 Å². The lowest BCUT2D eigenvalue weighted by molar-refractivity contribution is -0.129. The molecule has 1 saturated heterocycles. The van der Waals surface area contributed by atoms with Crippen LogP contribution in [0.5, 0.6) is 0 Å². The minimum absolute atomic E-state index is 0.00355. The van der Waals surface area contributed by atoms with Crippen molar-refractivity contribution >= 4 is 11.9 Å². The van der Waals surface area contributed by atoms with Gasteiger partial charge in [-0.05, 0) is 24.5 Å². The van der Waals surface area contributed by atoms with E-state index in [1.165, 1.54) is 6.07 Å². The number of ether oxygens (including phenoxy) is 1. The summed E-state index contributed by atoms with van der Waals surface area (Å²) in [6.45, 7) is -0.270. The number of aliphatic hydroxyl groups excluding tert-OH is 1. The Labute approximate surface area is 162 Å². The number of carbonyl (C=O) groups excluding carboxylic acids is 2. The first-order chi connectivity index (χ1) is 13.5. The van der Waals surface area contributed by atoms with Crippen molar-refractivity contribution in [1.82, 2.24) is 10.2 Å². The topological polar surface area (TPSA) is 78.9 Å². The standard InChI is InChI=1S/C21H23FN2O4/c22-18-9-5-4-8-16(18)13-28-14-17(25)12-24-20(26)19(23-21(24)27)11-10-15-6-2-1-3-7-15/h1-9,17,19,25H,10-14H2,(H,23,27). The molecule has 2 aromatic rings. The number of carbonyl (C=O) groups is 2. The van der Waals surface area contributed by atoms with Crippen LogP contribution >= 0.6 is 0 Å². The number of imide groups is 1. The van der Waals surface area contributed by atoms with Crippen LogP contribution in [-0.4, -0.2) is 47.2 Å². The van der Waals surface area contributed by atoms with Gasteiger partial charge in [0.15, 0.2) is 0 Å². The first-order valence-corrected chi connectivity index (χ1v) is 9.19. The second-order valence-electron chi connectivity index (χ2n) is 6.74. The molecule has 2 atom stereocenters. The number of halogens is 1. The minimum atomic E-state index is -1.05. The lowest BCUT2D eigenvalue weighted by Crippen LogP contribution is -2.39. The van der Waals surface area contributed by atoms with Crippen molar-refractivity contribution in [2.75, 3.05) is 13.2 Å². The molecule has 0 aliphatic carbocycles. The Morgan fingerprint density at radius 1 is 1.11 bits per heavy atom. The molecular formula is C21H23FN2O4. The predicted octanol–water partition coefficient (Wildman–Crippen LogP) is 2.26. The van der Waals surface area contributed by atoms with Crippen LogP contribution in [0.2, 0.25) is 0 Å². The molecule has 0 aromatic heterocycles. The van der Waals surface area contributed by atoms with E-state index in [9.17, 15) is 19.1 Å². The molecule has 28 heavy (non-hydrogen) atoms. The molecule has 3 amide bonds. The predicted molar refractivity (Wildman–Crippen MR) is 101 cm³/mol. The molecule has 0 saturated carbocycles. The van der Waals surface area contributed by atoms with Gasteiger partial charge in [0.25, 0.3) is 5.91 Å². The molecule has 2 N–H and O–H groups in total. The van der Waals surface area contributed by atoms with Crippen LogP contribution in [0.4, 0.5) is 9.18 Å². The minimum Gasteiger partial charge on any atom is -0.389 e. The highest BCUT2D eigenvalue weighted by Crippen LogP contribution is 2.14. The Bertz CT molecular complexity index is 815. The van der Waals surface area contributed by atoms with Crippen molar-refractivity contribution in [2.45, 2.75) is 31.6 Å². The normalized spacial score (nSPS) is 17.6. The monoisotopic (exact) mass is 386 g/mol. The summed E-state index contributed by atoms with van der Waals surface area (Å²) in [5, 5.41) is 12.7. The molecule has 1 aliphatic heterocycles. The smallest absolute Gasteiger partial charge is 0.324 e. The third-order valence-electron chi connectivity index (χ3n) is 4.59. The molecule has 1 heterocycles. The largest absolute Gasteiger partial charge is 0.389 e. The molecule has 2 unspecified atom stereocenters. The van der Waals surface area contributed by atoms with Gasteiger partial charge in [-0.2, -0.15) is 0 Å². The van der Waals surface area contributed by atoms with Gasteiger partial charge in [0.1, 0.15) is 11.9 Å². The van der Waals surface area contributed by atoms with Crippen molar-refractivity contribution in [2.24, 2.45) is 0 Å². The van der Waals surface area contributed by atoms with Crippen LogP contribution in [-0.2, 0) is 22.6 Å². The number of urea groups is 1. The summed E-state index contributed by atoms with van der Waals surface area (Å²) in [7, 11) is 0. The van der Waals surface area contributed by atoms with Crippen molar-refractivity contribution in [3.05, 3.63) is 71.5 Å². The number of rotatable bonds is 9. The Kier molecular flexibility index (Phi) is 6.73. The summed E-state index contributed by atoms with van der Waals surface area (Å²) >= 11 is 0. The molecule has 3 rings (SSSR count). The van der Waals surface area contributed by atoms with Gasteiger partial charge < -0.3 is 15.2 Å². The lowest BCUT2D eigenvalue weighted by Gasteiger charge is -2.18. The Balaban J connectivity index is 1.45. The summed E-state index contributed by atoms with van der Waals surface area (Å²) in [4.78, 5) is 25.5. The number of aliphatic hydroxyl groups is 1. The number of nitrogens with zero attached hydrogens (tertiary/aromatic N) is 1. The maximum absolute atomic E-state index is 13.5. The second kappa shape index (κ2) is 9.43. The average Bonchev–Trinajstić information content (AvgIpc) is 2.96. The molecule has 1 fully saturated rings. The summed E-state index contributed by atoms with van der Waals surface area (Å²) in [5.41, 5.74) is 1.47. The fraction of sp³-hybridized carbons (Fsp3) is 0.333. The maximum atomic E-state index is 13.5. The van der Waals surface area contributed by atoms with E-state index in [4.69, 9.17) is 4.74 Å². The number of benzene rings is 2. The molecule has 6 nitrogen and oxygen atoms in total. The Morgan fingerprint density at radius 2 is 1.82 bits per heavy atom. The van der Waals surface area contributed by atoms with E-state index >= 15 is 0 Å². The highest BCUT2D eigenvalue weighted by molar-refractivity contribution is 6.04. The van der Waals surface area contributed by atoms with Gasteiger partial charge in [-0.1, -0.05) is 48.5 Å². The van der Waals surface area contributed by atoms with Crippen molar-refractivity contribution in [3.63, 3.8) is 0 Å². The highest BCUT2D eigenvalue weighted by atomic mass is 19.1. The molecule has 0 radical (unpaired) electrons. The van der Waals surface area contributed by atoms with Gasteiger partial charge in [-0.3, -0.25) is 9.69 Å². The molecule has 7 heteroatoms. The maximum Gasteiger partial charge on any atom is 0.324 e. The number of aryl methyl sites for hydroxylation is 1. The lowest BCUT2D eigenvalue weighted by atomic mass is 10.1. The zero-order valence-electron chi connectivity index (χ0n) is 15.4. The summed E-state index contributed by atoms with van der Waals surface area (Å²) < 4.78 is 18.8. The van der Waals surface area contributed by atoms with Gasteiger partial charge in [-0.25, -0.2) is 9.18 Å². The van der Waals surface area contributed by atoms with Crippen LogP contribution in [0, 0.1) is 5.82 Å². The third kappa shape index (κ3) is 5.15. The fourth-order valence-electron chi connectivity index (χ4n) is 3.08. The highest BCUT2D eigenvalue weighted by Gasteiger charge is 2.38. The Morgan fingerprint density at radius 3 is 2.57 bits per heavy atom. The molecule has 0 spiro atoms. The second-order valence-corrected chi connectivity index (χ2v) is 6.74. The average molecular weight is 386 g/mol. The van der Waals surface area contributed by atoms with Gasteiger partial charge in [-0.15, -0.1) is 0 Å². The number of hydrogen-bond donors (Lipinski definition) is 2. The molecule has 148 valence electrons. The number of nitrogens with one attached hydrogen (secondary N) is 1. The summed E-state index contributed by atoms with van der Waals surface area (Å²) in [6.07, 6.45) is 0.110. The van der Waals surface area contributed by atoms with Gasteiger partial charge in [0.05, 0.1) is 25.9 Å². The number of β-amino-alcohol motifs (C(OH)–C–C–N with tert-alkyl or cyclic N) is 1. The first-order valence-electron chi connectivity index (χ1n) is 9.19. The summed E-state index contributed by atoms with van der Waals surface area (Å²) in [6, 6.07) is 14.8. The van der Waals surface area contributed by atoms with Crippen molar-refractivity contribution in [3.8, 4) is 0 Å². The first kappa shape index (κ1) is 20.0. The van der Waals surface area contributed by atoms with Gasteiger partial charge in [0.2, 0.25) is 0 Å². The Hall–Kier alpha value is -2.77. The molecule has 0 bridgehead atoms. The van der Waals surface area contributed by atoms with Crippen molar-refractivity contribution in [1.29, 1.82) is 0 Å². The van der Waals surface area contributed by atoms with E-state index in [-0.39, 0.29) is 31.5 Å². The molecule has 1 aliphatic rings. The quantitative estimate of drug-likeness (QED) is 0.648. The number of amides is 3. The van der Waals surface area contributed by atoms with Crippen LogP contribution in [0.1, 0.15) is 17.5 Å². The SMILES string of the molecule is O=C1NC(CCc2ccccc2)C(=O)N1CC(O)COCc1ccccc1F. The van der Waals surface area contributed by atoms with E-state index in [1.807, 2.05) is 30.3 Å². The van der Waals surface area contributed by atoms with E-state index in [1.54, 1.807) is 18.2 Å². The van der Waals surface area contributed by atoms with Gasteiger partial charge >= 0.3 is 6.03 Å². The van der Waals surface area contributed by atoms with E-state index in [2.05, 4.69) is 5.32 Å². The molecule has 2 aromatic carbocycles. The summed E-state index contributed by atoms with van der Waals surface area (Å²) in [5.74, 6) is -0.735. The zero-order chi connectivity index (χ0) is 19.9. The molecular weight excluding hydrogens is 363 g/mol. The van der Waals surface area contributed by atoms with E-state index in [0.29, 0.717) is 18.4 Å². The zero-order valence-corrected chi connectivity index (χ0v) is 15.4. The van der Waals surface area contributed by atoms with Crippen LogP contribution in [0.25, 0.3) is 0 Å². The van der Waals surface area contributed by atoms with Gasteiger partial charge in [0, 0.05) is 5.56 Å². The third-order valence-corrected chi connectivity index (χ3v) is 4.59. The van der Waals surface area contributed by atoms with Crippen LogP contribution in [0.3, 0.4) is 0 Å². The van der Waals surface area contributed by atoms with Crippen LogP contribution in [0.15, 0.2) is 54.6 Å².